The first-order valence-electron chi connectivity index (χ1n) is 8.42. The number of hydrogen-bond donors (Lipinski definition) is 1. The zero-order chi connectivity index (χ0) is 16.9. The molecule has 122 valence electrons. The quantitative estimate of drug-likeness (QED) is 0.833. The smallest absolute Gasteiger partial charge is 0.167 e. The third-order valence-corrected chi connectivity index (χ3v) is 6.52. The molecule has 4 heteroatoms. The second-order valence-electron chi connectivity index (χ2n) is 7.34. The molecule has 4 rings (SSSR count). The largest absolute Gasteiger partial charge is 0.361 e. The summed E-state index contributed by atoms with van der Waals surface area (Å²) >= 11 is 1.86. The van der Waals surface area contributed by atoms with E-state index in [4.69, 9.17) is 5.26 Å². The Labute approximate surface area is 146 Å². The van der Waals surface area contributed by atoms with Crippen LogP contribution < -0.4 is 5.32 Å². The maximum absolute atomic E-state index is 13.2. The molecule has 0 spiro atoms. The number of nitrogens with zero attached hydrogens (tertiary/aromatic N) is 1. The van der Waals surface area contributed by atoms with Crippen LogP contribution in [0.3, 0.4) is 0 Å². The van der Waals surface area contributed by atoms with Gasteiger partial charge in [0.1, 0.15) is 0 Å². The van der Waals surface area contributed by atoms with Crippen LogP contribution in [0, 0.1) is 16.7 Å². The molecule has 0 amide bonds. The maximum atomic E-state index is 13.2. The van der Waals surface area contributed by atoms with Crippen LogP contribution >= 0.6 is 11.8 Å². The van der Waals surface area contributed by atoms with Crippen molar-refractivity contribution in [1.82, 2.24) is 5.32 Å². The Kier molecular flexibility index (Phi) is 3.58. The highest BCUT2D eigenvalue weighted by atomic mass is 32.2. The number of Topliss-reactive ketones (excluding diaryl/α,β-unsaturated/α-hetero) is 1. The van der Waals surface area contributed by atoms with Crippen LogP contribution in [-0.4, -0.2) is 11.5 Å². The summed E-state index contributed by atoms with van der Waals surface area (Å²) in [6, 6.07) is 9.91. The average Bonchev–Trinajstić information content (AvgIpc) is 3.05. The molecule has 0 aromatic heterocycles. The lowest BCUT2D eigenvalue weighted by atomic mass is 9.69. The predicted octanol–water partition coefficient (Wildman–Crippen LogP) is 4.24. The molecule has 2 aliphatic heterocycles. The van der Waals surface area contributed by atoms with E-state index in [2.05, 4.69) is 25.2 Å². The third kappa shape index (κ3) is 2.31. The molecule has 0 fully saturated rings. The van der Waals surface area contributed by atoms with Gasteiger partial charge in [0, 0.05) is 39.0 Å². The summed E-state index contributed by atoms with van der Waals surface area (Å²) in [5.74, 6) is 1.37. The fraction of sp³-hybridized carbons (Fsp3) is 0.400. The van der Waals surface area contributed by atoms with E-state index in [1.54, 1.807) is 0 Å². The summed E-state index contributed by atoms with van der Waals surface area (Å²) in [4.78, 5) is 14.5. The minimum absolute atomic E-state index is 0.0311. The Morgan fingerprint density at radius 1 is 1.21 bits per heavy atom. The van der Waals surface area contributed by atoms with Crippen LogP contribution in [0.2, 0.25) is 0 Å². The van der Waals surface area contributed by atoms with E-state index in [-0.39, 0.29) is 17.1 Å². The van der Waals surface area contributed by atoms with Crippen LogP contribution in [0.5, 0.6) is 0 Å². The van der Waals surface area contributed by atoms with Crippen molar-refractivity contribution >= 4 is 17.5 Å². The zero-order valence-corrected chi connectivity index (χ0v) is 14.8. The molecule has 0 radical (unpaired) electrons. The number of rotatable bonds is 1. The zero-order valence-electron chi connectivity index (χ0n) is 14.0. The minimum atomic E-state index is -0.299. The van der Waals surface area contributed by atoms with E-state index in [0.717, 1.165) is 41.8 Å². The molecule has 0 saturated carbocycles. The van der Waals surface area contributed by atoms with E-state index in [9.17, 15) is 4.79 Å². The Morgan fingerprint density at radius 3 is 2.67 bits per heavy atom. The van der Waals surface area contributed by atoms with E-state index >= 15 is 0 Å². The number of carbonyl (C=O) groups excluding carboxylic acids is 1. The highest BCUT2D eigenvalue weighted by Crippen LogP contribution is 2.52. The number of dihydropyridines is 1. The van der Waals surface area contributed by atoms with Crippen LogP contribution in [0.15, 0.2) is 46.1 Å². The van der Waals surface area contributed by atoms with Gasteiger partial charge in [-0.3, -0.25) is 4.79 Å². The molecular formula is C20H20N2OS. The van der Waals surface area contributed by atoms with Gasteiger partial charge in [-0.25, -0.2) is 0 Å². The Hall–Kier alpha value is -1.99. The van der Waals surface area contributed by atoms with Crippen molar-refractivity contribution in [2.75, 3.05) is 5.75 Å². The summed E-state index contributed by atoms with van der Waals surface area (Å²) in [6.45, 7) is 4.11. The van der Waals surface area contributed by atoms with Gasteiger partial charge in [-0.05, 0) is 37.0 Å². The first-order valence-corrected chi connectivity index (χ1v) is 9.40. The van der Waals surface area contributed by atoms with Gasteiger partial charge < -0.3 is 5.32 Å². The lowest BCUT2D eigenvalue weighted by Gasteiger charge is -2.39. The standard InChI is InChI=1S/C20H20N2OS/c1-20(2)9-7-14-17(19(20)23)16(18-15(22-14)8-10-24-18)13-5-3-12(11-21)4-6-13/h3-6,16,22H,7-10H2,1-2H3. The van der Waals surface area contributed by atoms with Gasteiger partial charge in [0.05, 0.1) is 11.6 Å². The van der Waals surface area contributed by atoms with Gasteiger partial charge in [0.2, 0.25) is 0 Å². The van der Waals surface area contributed by atoms with Crippen molar-refractivity contribution in [1.29, 1.82) is 5.26 Å². The van der Waals surface area contributed by atoms with Gasteiger partial charge >= 0.3 is 0 Å². The monoisotopic (exact) mass is 336 g/mol. The number of benzene rings is 1. The number of ketones is 1. The molecule has 24 heavy (non-hydrogen) atoms. The SMILES string of the molecule is CC1(C)CCC2=C(C1=O)C(c1ccc(C#N)cc1)C1=C(CCS1)N2. The molecule has 2 heterocycles. The van der Waals surface area contributed by atoms with Gasteiger partial charge in [-0.2, -0.15) is 5.26 Å². The second-order valence-corrected chi connectivity index (χ2v) is 8.48. The van der Waals surface area contributed by atoms with Crippen molar-refractivity contribution in [3.8, 4) is 6.07 Å². The molecule has 1 N–H and O–H groups in total. The third-order valence-electron chi connectivity index (χ3n) is 5.32. The van der Waals surface area contributed by atoms with Gasteiger partial charge in [0.15, 0.2) is 5.78 Å². The van der Waals surface area contributed by atoms with Gasteiger partial charge in [-0.1, -0.05) is 26.0 Å². The number of allylic oxidation sites excluding steroid dienone is 4. The predicted molar refractivity (Wildman–Crippen MR) is 96.2 cm³/mol. The Morgan fingerprint density at radius 2 is 1.96 bits per heavy atom. The highest BCUT2D eigenvalue weighted by Gasteiger charge is 2.44. The van der Waals surface area contributed by atoms with Crippen molar-refractivity contribution in [3.05, 3.63) is 57.3 Å². The fourth-order valence-electron chi connectivity index (χ4n) is 3.86. The highest BCUT2D eigenvalue weighted by molar-refractivity contribution is 8.03. The summed E-state index contributed by atoms with van der Waals surface area (Å²) in [5, 5.41) is 12.6. The normalized spacial score (nSPS) is 25.0. The second kappa shape index (κ2) is 5.53. The molecule has 1 atom stereocenters. The van der Waals surface area contributed by atoms with E-state index in [0.29, 0.717) is 5.56 Å². The van der Waals surface area contributed by atoms with Gasteiger partial charge in [0.25, 0.3) is 0 Å². The molecular weight excluding hydrogens is 316 g/mol. The number of thioether (sulfide) groups is 1. The molecule has 3 aliphatic rings. The van der Waals surface area contributed by atoms with E-state index < -0.39 is 0 Å². The van der Waals surface area contributed by atoms with Crippen LogP contribution in [0.4, 0.5) is 0 Å². The molecule has 3 nitrogen and oxygen atoms in total. The van der Waals surface area contributed by atoms with E-state index in [1.807, 2.05) is 36.0 Å². The first kappa shape index (κ1) is 15.5. The maximum Gasteiger partial charge on any atom is 0.167 e. The van der Waals surface area contributed by atoms with Crippen LogP contribution in [-0.2, 0) is 4.79 Å². The molecule has 0 bridgehead atoms. The number of hydrogen-bond acceptors (Lipinski definition) is 4. The summed E-state index contributed by atoms with van der Waals surface area (Å²) in [7, 11) is 0. The molecule has 1 aromatic carbocycles. The molecule has 1 aromatic rings. The van der Waals surface area contributed by atoms with Crippen LogP contribution in [0.25, 0.3) is 0 Å². The minimum Gasteiger partial charge on any atom is -0.361 e. The lowest BCUT2D eigenvalue weighted by molar-refractivity contribution is -0.124. The Balaban J connectivity index is 1.85. The van der Waals surface area contributed by atoms with Crippen molar-refractivity contribution in [3.63, 3.8) is 0 Å². The van der Waals surface area contributed by atoms with Crippen molar-refractivity contribution in [2.24, 2.45) is 5.41 Å². The van der Waals surface area contributed by atoms with Crippen molar-refractivity contribution in [2.45, 2.75) is 39.0 Å². The number of nitriles is 1. The van der Waals surface area contributed by atoms with Crippen molar-refractivity contribution < 1.29 is 4.79 Å². The summed E-state index contributed by atoms with van der Waals surface area (Å²) in [5.41, 5.74) is 4.84. The van der Waals surface area contributed by atoms with Crippen LogP contribution in [0.1, 0.15) is 50.2 Å². The lowest BCUT2D eigenvalue weighted by Crippen LogP contribution is -2.38. The average molecular weight is 336 g/mol. The number of carbonyl (C=O) groups is 1. The Bertz CT molecular complexity index is 824. The molecule has 1 unspecified atom stereocenters. The molecule has 0 saturated heterocycles. The fourth-order valence-corrected chi connectivity index (χ4v) is 5.13. The van der Waals surface area contributed by atoms with E-state index in [1.165, 1.54) is 10.6 Å². The topological polar surface area (TPSA) is 52.9 Å². The summed E-state index contributed by atoms with van der Waals surface area (Å²) < 4.78 is 0. The molecule has 1 aliphatic carbocycles. The number of nitrogens with one attached hydrogen (secondary N) is 1. The summed E-state index contributed by atoms with van der Waals surface area (Å²) in [6.07, 6.45) is 2.87. The first-order chi connectivity index (χ1) is 11.5. The van der Waals surface area contributed by atoms with Gasteiger partial charge in [-0.15, -0.1) is 11.8 Å².